The summed E-state index contributed by atoms with van der Waals surface area (Å²) in [7, 11) is -3.52. The summed E-state index contributed by atoms with van der Waals surface area (Å²) >= 11 is 0. The number of nitrogens with zero attached hydrogens (tertiary/aromatic N) is 2. The predicted molar refractivity (Wildman–Crippen MR) is 76.2 cm³/mol. The molecule has 19 heavy (non-hydrogen) atoms. The van der Waals surface area contributed by atoms with Crippen LogP contribution in [0.1, 0.15) is 20.3 Å². The first-order chi connectivity index (χ1) is 8.99. The summed E-state index contributed by atoms with van der Waals surface area (Å²) in [4.78, 5) is 6.06. The van der Waals surface area contributed by atoms with Crippen molar-refractivity contribution in [1.82, 2.24) is 14.6 Å². The smallest absolute Gasteiger partial charge is 0.258 e. The van der Waals surface area contributed by atoms with Gasteiger partial charge in [-0.1, -0.05) is 13.8 Å². The highest BCUT2D eigenvalue weighted by Crippen LogP contribution is 2.07. The van der Waals surface area contributed by atoms with E-state index >= 15 is 0 Å². The Kier molecular flexibility index (Phi) is 6.20. The van der Waals surface area contributed by atoms with E-state index in [9.17, 15) is 8.42 Å². The number of aromatic nitrogens is 1. The summed E-state index contributed by atoms with van der Waals surface area (Å²) in [5.41, 5.74) is 5.92. The molecule has 0 fully saturated rings. The summed E-state index contributed by atoms with van der Waals surface area (Å²) in [5.74, 6) is 0. The van der Waals surface area contributed by atoms with Gasteiger partial charge in [0, 0.05) is 6.54 Å². The van der Waals surface area contributed by atoms with Gasteiger partial charge in [0.15, 0.2) is 5.03 Å². The normalized spacial score (nSPS) is 11.9. The van der Waals surface area contributed by atoms with Crippen LogP contribution in [0.2, 0.25) is 0 Å². The van der Waals surface area contributed by atoms with Crippen molar-refractivity contribution >= 4 is 15.7 Å². The van der Waals surface area contributed by atoms with Crippen molar-refractivity contribution < 1.29 is 8.42 Å². The molecular weight excluding hydrogens is 264 g/mol. The minimum atomic E-state index is -3.52. The van der Waals surface area contributed by atoms with Crippen molar-refractivity contribution in [1.29, 1.82) is 0 Å². The Morgan fingerprint density at radius 3 is 2.53 bits per heavy atom. The van der Waals surface area contributed by atoms with E-state index in [4.69, 9.17) is 5.73 Å². The minimum absolute atomic E-state index is 0.00420. The lowest BCUT2D eigenvalue weighted by Gasteiger charge is -2.17. The molecule has 0 aliphatic rings. The molecule has 0 saturated carbocycles. The lowest BCUT2D eigenvalue weighted by Crippen LogP contribution is -2.30. The fourth-order valence-electron chi connectivity index (χ4n) is 1.67. The van der Waals surface area contributed by atoms with Gasteiger partial charge in [-0.05, 0) is 38.2 Å². The number of nitrogens with one attached hydrogen (secondary N) is 1. The van der Waals surface area contributed by atoms with Gasteiger partial charge in [-0.3, -0.25) is 0 Å². The van der Waals surface area contributed by atoms with Crippen LogP contribution in [0.15, 0.2) is 23.4 Å². The maximum absolute atomic E-state index is 11.9. The monoisotopic (exact) mass is 286 g/mol. The van der Waals surface area contributed by atoms with E-state index in [0.29, 0.717) is 12.2 Å². The zero-order chi connectivity index (χ0) is 14.3. The van der Waals surface area contributed by atoms with Gasteiger partial charge >= 0.3 is 0 Å². The van der Waals surface area contributed by atoms with Gasteiger partial charge in [-0.25, -0.2) is 18.1 Å². The average Bonchev–Trinajstić information content (AvgIpc) is 2.39. The maximum Gasteiger partial charge on any atom is 0.258 e. The number of sulfonamides is 1. The molecule has 108 valence electrons. The standard InChI is InChI=1S/C12H22N4O2S/c1-3-16(4-2)9-5-8-15-19(17,18)12-7-6-11(13)10-14-12/h6-7,10,15H,3-5,8-9,13H2,1-2H3. The summed E-state index contributed by atoms with van der Waals surface area (Å²) in [6.45, 7) is 7.42. The molecule has 0 atom stereocenters. The van der Waals surface area contributed by atoms with Gasteiger partial charge in [0.2, 0.25) is 0 Å². The minimum Gasteiger partial charge on any atom is -0.397 e. The van der Waals surface area contributed by atoms with E-state index in [1.54, 1.807) is 0 Å². The number of anilines is 1. The molecule has 1 heterocycles. The Balaban J connectivity index is 2.45. The Bertz CT molecular complexity index is 469. The largest absolute Gasteiger partial charge is 0.397 e. The Morgan fingerprint density at radius 1 is 1.32 bits per heavy atom. The third-order valence-electron chi connectivity index (χ3n) is 2.87. The van der Waals surface area contributed by atoms with Crippen molar-refractivity contribution in [2.24, 2.45) is 0 Å². The van der Waals surface area contributed by atoms with Crippen LogP contribution >= 0.6 is 0 Å². The summed E-state index contributed by atoms with van der Waals surface area (Å²) in [6, 6.07) is 2.93. The maximum atomic E-state index is 11.9. The highest BCUT2D eigenvalue weighted by molar-refractivity contribution is 7.89. The second-order valence-electron chi connectivity index (χ2n) is 4.21. The molecule has 6 nitrogen and oxygen atoms in total. The number of pyridine rings is 1. The van der Waals surface area contributed by atoms with Crippen molar-refractivity contribution in [3.8, 4) is 0 Å². The fourth-order valence-corrected chi connectivity index (χ4v) is 2.67. The number of rotatable bonds is 8. The molecule has 0 amide bonds. The first-order valence-corrected chi connectivity index (χ1v) is 7.91. The lowest BCUT2D eigenvalue weighted by molar-refractivity contribution is 0.300. The molecule has 3 N–H and O–H groups in total. The molecule has 0 spiro atoms. The van der Waals surface area contributed by atoms with E-state index in [1.807, 2.05) is 0 Å². The van der Waals surface area contributed by atoms with Gasteiger partial charge in [-0.15, -0.1) is 0 Å². The van der Waals surface area contributed by atoms with Gasteiger partial charge in [0.1, 0.15) is 0 Å². The van der Waals surface area contributed by atoms with Crippen molar-refractivity contribution in [2.75, 3.05) is 31.9 Å². The van der Waals surface area contributed by atoms with Crippen LogP contribution in [-0.2, 0) is 10.0 Å². The molecule has 1 rings (SSSR count). The first-order valence-electron chi connectivity index (χ1n) is 6.43. The number of hydrogen-bond donors (Lipinski definition) is 2. The Morgan fingerprint density at radius 2 is 2.00 bits per heavy atom. The fraction of sp³-hybridized carbons (Fsp3) is 0.583. The summed E-state index contributed by atoms with van der Waals surface area (Å²) in [5, 5.41) is 0.00420. The second kappa shape index (κ2) is 7.42. The molecule has 0 radical (unpaired) electrons. The molecule has 0 aliphatic heterocycles. The van der Waals surface area contributed by atoms with Crippen LogP contribution in [0, 0.1) is 0 Å². The number of nitrogen functional groups attached to an aromatic ring is 1. The highest BCUT2D eigenvalue weighted by atomic mass is 32.2. The van der Waals surface area contributed by atoms with E-state index in [1.165, 1.54) is 18.3 Å². The van der Waals surface area contributed by atoms with Gasteiger partial charge in [-0.2, -0.15) is 0 Å². The average molecular weight is 286 g/mol. The van der Waals surface area contributed by atoms with E-state index in [-0.39, 0.29) is 5.03 Å². The molecule has 1 aromatic rings. The molecule has 0 saturated heterocycles. The van der Waals surface area contributed by atoms with Crippen molar-refractivity contribution in [3.63, 3.8) is 0 Å². The van der Waals surface area contributed by atoms with Crippen molar-refractivity contribution in [3.05, 3.63) is 18.3 Å². The Hall–Kier alpha value is -1.18. The third kappa shape index (κ3) is 5.14. The van der Waals surface area contributed by atoms with E-state index in [0.717, 1.165) is 26.1 Å². The zero-order valence-electron chi connectivity index (χ0n) is 11.5. The number of hydrogen-bond acceptors (Lipinski definition) is 5. The van der Waals surface area contributed by atoms with E-state index in [2.05, 4.69) is 28.5 Å². The SMILES string of the molecule is CCN(CC)CCCNS(=O)(=O)c1ccc(N)cn1. The molecule has 7 heteroatoms. The van der Waals surface area contributed by atoms with Crippen LogP contribution in [0.3, 0.4) is 0 Å². The first kappa shape index (κ1) is 15.9. The molecule has 0 unspecified atom stereocenters. The molecule has 0 aromatic carbocycles. The number of nitrogens with two attached hydrogens (primary N) is 1. The Labute approximate surface area is 115 Å². The quantitative estimate of drug-likeness (QED) is 0.686. The summed E-state index contributed by atoms with van der Waals surface area (Å²) in [6.07, 6.45) is 2.11. The molecule has 0 bridgehead atoms. The van der Waals surface area contributed by atoms with Gasteiger partial charge in [0.25, 0.3) is 10.0 Å². The van der Waals surface area contributed by atoms with Gasteiger partial charge in [0.05, 0.1) is 11.9 Å². The molecule has 0 aliphatic carbocycles. The van der Waals surface area contributed by atoms with Crippen LogP contribution < -0.4 is 10.5 Å². The van der Waals surface area contributed by atoms with Crippen LogP contribution in [0.25, 0.3) is 0 Å². The predicted octanol–water partition coefficient (Wildman–Crippen LogP) is 0.674. The highest BCUT2D eigenvalue weighted by Gasteiger charge is 2.14. The second-order valence-corrected chi connectivity index (χ2v) is 5.92. The van der Waals surface area contributed by atoms with Crippen LogP contribution in [-0.4, -0.2) is 44.5 Å². The molecule has 1 aromatic heterocycles. The topological polar surface area (TPSA) is 88.3 Å². The molecular formula is C12H22N4O2S. The summed E-state index contributed by atoms with van der Waals surface area (Å²) < 4.78 is 26.3. The van der Waals surface area contributed by atoms with Crippen LogP contribution in [0.4, 0.5) is 5.69 Å². The van der Waals surface area contributed by atoms with E-state index < -0.39 is 10.0 Å². The van der Waals surface area contributed by atoms with Gasteiger partial charge < -0.3 is 10.6 Å². The third-order valence-corrected chi connectivity index (χ3v) is 4.25. The lowest BCUT2D eigenvalue weighted by atomic mass is 10.4. The van der Waals surface area contributed by atoms with Crippen LogP contribution in [0.5, 0.6) is 0 Å². The zero-order valence-corrected chi connectivity index (χ0v) is 12.3. The van der Waals surface area contributed by atoms with Crippen molar-refractivity contribution in [2.45, 2.75) is 25.3 Å².